The summed E-state index contributed by atoms with van der Waals surface area (Å²) in [6, 6.07) is 22.3. The largest absolute Gasteiger partial charge is 0.351 e. The molecule has 0 aliphatic carbocycles. The Bertz CT molecular complexity index is 1010. The van der Waals surface area contributed by atoms with Crippen LogP contribution in [0.5, 0.6) is 0 Å². The minimum Gasteiger partial charge on any atom is -0.351 e. The molecule has 1 aromatic heterocycles. The summed E-state index contributed by atoms with van der Waals surface area (Å²) in [5, 5.41) is 6.58. The molecule has 1 fully saturated rings. The summed E-state index contributed by atoms with van der Waals surface area (Å²) in [6.45, 7) is 6.81. The minimum atomic E-state index is -0.434. The van der Waals surface area contributed by atoms with Crippen LogP contribution in [0.4, 0.5) is 5.95 Å². The molecule has 3 aromatic rings. The van der Waals surface area contributed by atoms with Crippen molar-refractivity contribution >= 4 is 11.9 Å². The van der Waals surface area contributed by atoms with E-state index in [0.29, 0.717) is 12.4 Å². The van der Waals surface area contributed by atoms with Crippen LogP contribution in [0.3, 0.4) is 0 Å². The zero-order chi connectivity index (χ0) is 23.0. The first kappa shape index (κ1) is 22.9. The van der Waals surface area contributed by atoms with E-state index in [1.165, 1.54) is 5.56 Å². The molecule has 0 radical (unpaired) electrons. The fraction of sp³-hybridized carbons (Fsp3) is 0.370. The van der Waals surface area contributed by atoms with E-state index >= 15 is 0 Å². The minimum absolute atomic E-state index is 0.00289. The first-order valence-electron chi connectivity index (χ1n) is 11.7. The molecule has 0 saturated carbocycles. The van der Waals surface area contributed by atoms with Crippen molar-refractivity contribution < 1.29 is 4.79 Å². The van der Waals surface area contributed by atoms with Gasteiger partial charge in [-0.05, 0) is 43.9 Å². The lowest BCUT2D eigenvalue weighted by molar-refractivity contribution is -0.122. The van der Waals surface area contributed by atoms with Gasteiger partial charge in [-0.2, -0.15) is 0 Å². The second-order valence-corrected chi connectivity index (χ2v) is 8.91. The van der Waals surface area contributed by atoms with Gasteiger partial charge in [-0.15, -0.1) is 0 Å². The van der Waals surface area contributed by atoms with Crippen LogP contribution in [0.1, 0.15) is 35.4 Å². The number of aryl methyl sites for hydroxylation is 2. The van der Waals surface area contributed by atoms with Crippen LogP contribution in [0.25, 0.3) is 0 Å². The number of hydrogen-bond acceptors (Lipinski definition) is 5. The molecule has 2 N–H and O–H groups in total. The average Bonchev–Trinajstić information content (AvgIpc) is 2.81. The number of amides is 1. The van der Waals surface area contributed by atoms with E-state index in [-0.39, 0.29) is 11.9 Å². The normalized spacial score (nSPS) is 15.7. The molecule has 4 rings (SSSR count). The Hall–Kier alpha value is -3.25. The monoisotopic (exact) mass is 443 g/mol. The highest BCUT2D eigenvalue weighted by Crippen LogP contribution is 2.15. The molecule has 0 unspecified atom stereocenters. The molecule has 1 amide bonds. The quantitative estimate of drug-likeness (QED) is 0.553. The second-order valence-electron chi connectivity index (χ2n) is 8.91. The van der Waals surface area contributed by atoms with E-state index < -0.39 is 6.04 Å². The topological polar surface area (TPSA) is 70.2 Å². The van der Waals surface area contributed by atoms with Crippen molar-refractivity contribution in [1.29, 1.82) is 0 Å². The van der Waals surface area contributed by atoms with Crippen LogP contribution in [0.2, 0.25) is 0 Å². The molecule has 33 heavy (non-hydrogen) atoms. The van der Waals surface area contributed by atoms with Crippen molar-refractivity contribution in [3.8, 4) is 0 Å². The molecule has 0 bridgehead atoms. The maximum atomic E-state index is 13.3. The van der Waals surface area contributed by atoms with Crippen molar-refractivity contribution in [2.75, 3.05) is 18.4 Å². The molecule has 2 aromatic carbocycles. The molecule has 1 saturated heterocycles. The molecule has 2 heterocycles. The number of likely N-dealkylation sites (tertiary alicyclic amines) is 1. The van der Waals surface area contributed by atoms with Crippen LogP contribution in [-0.2, 0) is 17.8 Å². The number of nitrogens with zero attached hydrogens (tertiary/aromatic N) is 3. The predicted molar refractivity (Wildman–Crippen MR) is 132 cm³/mol. The maximum absolute atomic E-state index is 13.3. The molecule has 0 spiro atoms. The fourth-order valence-corrected chi connectivity index (χ4v) is 4.38. The van der Waals surface area contributed by atoms with Gasteiger partial charge in [0.1, 0.15) is 6.04 Å². The summed E-state index contributed by atoms with van der Waals surface area (Å²) in [5.74, 6) is 0.504. The van der Waals surface area contributed by atoms with Crippen LogP contribution in [0, 0.1) is 13.8 Å². The predicted octanol–water partition coefficient (Wildman–Crippen LogP) is 3.90. The van der Waals surface area contributed by atoms with Crippen LogP contribution >= 0.6 is 0 Å². The number of anilines is 1. The molecule has 1 aliphatic rings. The van der Waals surface area contributed by atoms with Gasteiger partial charge in [-0.1, -0.05) is 60.7 Å². The maximum Gasteiger partial charge on any atom is 0.243 e. The van der Waals surface area contributed by atoms with E-state index in [1.807, 2.05) is 56.3 Å². The molecule has 172 valence electrons. The Kier molecular flexibility index (Phi) is 7.68. The number of aromatic nitrogens is 2. The summed E-state index contributed by atoms with van der Waals surface area (Å²) in [4.78, 5) is 24.8. The summed E-state index contributed by atoms with van der Waals surface area (Å²) in [7, 11) is 0. The number of hydrogen-bond donors (Lipinski definition) is 2. The number of carbonyl (C=O) groups excluding carboxylic acids is 1. The van der Waals surface area contributed by atoms with Gasteiger partial charge in [-0.3, -0.25) is 9.69 Å². The zero-order valence-electron chi connectivity index (χ0n) is 19.5. The molecular formula is C27H33N5O. The Balaban J connectivity index is 1.37. The van der Waals surface area contributed by atoms with Gasteiger partial charge < -0.3 is 10.6 Å². The van der Waals surface area contributed by atoms with Gasteiger partial charge in [0.05, 0.1) is 0 Å². The van der Waals surface area contributed by atoms with E-state index in [0.717, 1.165) is 49.4 Å². The summed E-state index contributed by atoms with van der Waals surface area (Å²) in [6.07, 6.45) is 2.49. The molecule has 6 heteroatoms. The lowest BCUT2D eigenvalue weighted by Gasteiger charge is -2.33. The van der Waals surface area contributed by atoms with Gasteiger partial charge in [0, 0.05) is 43.5 Å². The third-order valence-electron chi connectivity index (χ3n) is 6.07. The first-order chi connectivity index (χ1) is 16.0. The van der Waals surface area contributed by atoms with Crippen LogP contribution in [0.15, 0.2) is 66.7 Å². The SMILES string of the molecule is Cc1cc(C)nc(N[C@H](Cc2ccccc2)C(=O)NC2CCN(Cc3ccccc3)CC2)n1. The number of carbonyl (C=O) groups is 1. The number of piperidine rings is 1. The average molecular weight is 444 g/mol. The van der Waals surface area contributed by atoms with Crippen molar-refractivity contribution in [3.05, 3.63) is 89.2 Å². The Morgan fingerprint density at radius 2 is 1.52 bits per heavy atom. The Morgan fingerprint density at radius 3 is 2.12 bits per heavy atom. The third-order valence-corrected chi connectivity index (χ3v) is 6.07. The highest BCUT2D eigenvalue weighted by atomic mass is 16.2. The van der Waals surface area contributed by atoms with Gasteiger partial charge in [0.25, 0.3) is 0 Å². The first-order valence-corrected chi connectivity index (χ1v) is 11.7. The summed E-state index contributed by atoms with van der Waals surface area (Å²) < 4.78 is 0. The molecule has 6 nitrogen and oxygen atoms in total. The Morgan fingerprint density at radius 1 is 0.939 bits per heavy atom. The number of benzene rings is 2. The van der Waals surface area contributed by atoms with E-state index in [4.69, 9.17) is 0 Å². The molecule has 1 aliphatic heterocycles. The molecule has 1 atom stereocenters. The number of rotatable bonds is 8. The van der Waals surface area contributed by atoms with Gasteiger partial charge >= 0.3 is 0 Å². The van der Waals surface area contributed by atoms with Crippen molar-refractivity contribution in [2.45, 2.75) is 51.7 Å². The van der Waals surface area contributed by atoms with E-state index in [1.54, 1.807) is 0 Å². The molecular weight excluding hydrogens is 410 g/mol. The van der Waals surface area contributed by atoms with E-state index in [9.17, 15) is 4.79 Å². The lowest BCUT2D eigenvalue weighted by Crippen LogP contribution is -2.49. The standard InChI is InChI=1S/C27H33N5O/c1-20-17-21(2)29-27(28-20)31-25(18-22-9-5-3-6-10-22)26(33)30-24-13-15-32(16-14-24)19-23-11-7-4-8-12-23/h3-12,17,24-25H,13-16,18-19H2,1-2H3,(H,30,33)(H,28,29,31)/t25-/m1/s1. The fourth-order valence-electron chi connectivity index (χ4n) is 4.38. The van der Waals surface area contributed by atoms with E-state index in [2.05, 4.69) is 49.8 Å². The smallest absolute Gasteiger partial charge is 0.243 e. The van der Waals surface area contributed by atoms with Gasteiger partial charge in [0.15, 0.2) is 0 Å². The van der Waals surface area contributed by atoms with Crippen molar-refractivity contribution in [3.63, 3.8) is 0 Å². The highest BCUT2D eigenvalue weighted by molar-refractivity contribution is 5.84. The number of nitrogens with one attached hydrogen (secondary N) is 2. The summed E-state index contributed by atoms with van der Waals surface area (Å²) >= 11 is 0. The van der Waals surface area contributed by atoms with Crippen LogP contribution < -0.4 is 10.6 Å². The van der Waals surface area contributed by atoms with Crippen molar-refractivity contribution in [1.82, 2.24) is 20.2 Å². The van der Waals surface area contributed by atoms with Gasteiger partial charge in [-0.25, -0.2) is 9.97 Å². The lowest BCUT2D eigenvalue weighted by atomic mass is 10.0. The van der Waals surface area contributed by atoms with Crippen LogP contribution in [-0.4, -0.2) is 45.9 Å². The second kappa shape index (κ2) is 11.1. The third kappa shape index (κ3) is 6.86. The Labute approximate surface area is 196 Å². The van der Waals surface area contributed by atoms with Gasteiger partial charge in [0.2, 0.25) is 11.9 Å². The summed E-state index contributed by atoms with van der Waals surface area (Å²) in [5.41, 5.74) is 4.21. The highest BCUT2D eigenvalue weighted by Gasteiger charge is 2.25. The van der Waals surface area contributed by atoms with Crippen molar-refractivity contribution in [2.24, 2.45) is 0 Å². The zero-order valence-corrected chi connectivity index (χ0v) is 19.5.